The summed E-state index contributed by atoms with van der Waals surface area (Å²) in [6.45, 7) is 7.58. The molecule has 0 amide bonds. The van der Waals surface area contributed by atoms with Crippen molar-refractivity contribution in [1.29, 1.82) is 0 Å². The van der Waals surface area contributed by atoms with Gasteiger partial charge in [0.15, 0.2) is 0 Å². The molecule has 4 heteroatoms. The summed E-state index contributed by atoms with van der Waals surface area (Å²) in [5.41, 5.74) is 0. The SMILES string of the molecule is C=CCOCCOCCC1CCCCN1.Cl. The van der Waals surface area contributed by atoms with Gasteiger partial charge in [0.2, 0.25) is 0 Å². The van der Waals surface area contributed by atoms with Crippen LogP contribution >= 0.6 is 12.4 Å². The van der Waals surface area contributed by atoms with E-state index in [1.165, 1.54) is 25.8 Å². The summed E-state index contributed by atoms with van der Waals surface area (Å²) in [5.74, 6) is 0. The Morgan fingerprint density at radius 1 is 1.19 bits per heavy atom. The van der Waals surface area contributed by atoms with Crippen molar-refractivity contribution in [2.75, 3.05) is 33.0 Å². The third-order valence-electron chi connectivity index (χ3n) is 2.63. The zero-order valence-corrected chi connectivity index (χ0v) is 10.8. The van der Waals surface area contributed by atoms with Crippen molar-refractivity contribution in [1.82, 2.24) is 5.32 Å². The fraction of sp³-hybridized carbons (Fsp3) is 0.833. The van der Waals surface area contributed by atoms with Gasteiger partial charge < -0.3 is 14.8 Å². The molecule has 0 bridgehead atoms. The lowest BCUT2D eigenvalue weighted by Crippen LogP contribution is -2.34. The van der Waals surface area contributed by atoms with Crippen LogP contribution in [0.3, 0.4) is 0 Å². The topological polar surface area (TPSA) is 30.5 Å². The molecule has 1 heterocycles. The van der Waals surface area contributed by atoms with Crippen molar-refractivity contribution >= 4 is 12.4 Å². The van der Waals surface area contributed by atoms with Crippen LogP contribution in [0, 0.1) is 0 Å². The fourth-order valence-electron chi connectivity index (χ4n) is 1.78. The fourth-order valence-corrected chi connectivity index (χ4v) is 1.78. The Kier molecular flexibility index (Phi) is 11.3. The lowest BCUT2D eigenvalue weighted by Gasteiger charge is -2.23. The molecule has 0 aromatic carbocycles. The van der Waals surface area contributed by atoms with Gasteiger partial charge in [-0.1, -0.05) is 12.5 Å². The summed E-state index contributed by atoms with van der Waals surface area (Å²) in [7, 11) is 0. The molecule has 1 saturated heterocycles. The Balaban J connectivity index is 0.00000225. The van der Waals surface area contributed by atoms with Gasteiger partial charge in [0.25, 0.3) is 0 Å². The lowest BCUT2D eigenvalue weighted by atomic mass is 10.0. The van der Waals surface area contributed by atoms with Crippen LogP contribution in [0.4, 0.5) is 0 Å². The maximum Gasteiger partial charge on any atom is 0.0704 e. The summed E-state index contributed by atoms with van der Waals surface area (Å²) in [5, 5.41) is 3.51. The van der Waals surface area contributed by atoms with Crippen molar-refractivity contribution < 1.29 is 9.47 Å². The van der Waals surface area contributed by atoms with Crippen molar-refractivity contribution in [2.24, 2.45) is 0 Å². The predicted molar refractivity (Wildman–Crippen MR) is 69.3 cm³/mol. The molecular weight excluding hydrogens is 226 g/mol. The van der Waals surface area contributed by atoms with Crippen molar-refractivity contribution in [3.05, 3.63) is 12.7 Å². The quantitative estimate of drug-likeness (QED) is 0.528. The van der Waals surface area contributed by atoms with Crippen LogP contribution < -0.4 is 5.32 Å². The van der Waals surface area contributed by atoms with Crippen molar-refractivity contribution in [3.63, 3.8) is 0 Å². The predicted octanol–water partition coefficient (Wildman–Crippen LogP) is 2.16. The summed E-state index contributed by atoms with van der Waals surface area (Å²) in [6.07, 6.45) is 6.87. The summed E-state index contributed by atoms with van der Waals surface area (Å²) in [6, 6.07) is 0.674. The third-order valence-corrected chi connectivity index (χ3v) is 2.63. The first-order valence-electron chi connectivity index (χ1n) is 5.93. The number of nitrogens with one attached hydrogen (secondary N) is 1. The molecule has 1 rings (SSSR count). The second-order valence-electron chi connectivity index (χ2n) is 3.91. The van der Waals surface area contributed by atoms with Gasteiger partial charge in [-0.3, -0.25) is 0 Å². The molecule has 16 heavy (non-hydrogen) atoms. The molecule has 0 aromatic heterocycles. The molecule has 1 unspecified atom stereocenters. The minimum atomic E-state index is 0. The highest BCUT2D eigenvalue weighted by molar-refractivity contribution is 5.85. The van der Waals surface area contributed by atoms with E-state index < -0.39 is 0 Å². The Morgan fingerprint density at radius 2 is 2.00 bits per heavy atom. The zero-order chi connectivity index (χ0) is 10.8. The van der Waals surface area contributed by atoms with Crippen LogP contribution in [0.5, 0.6) is 0 Å². The first kappa shape index (κ1) is 15.9. The van der Waals surface area contributed by atoms with E-state index in [9.17, 15) is 0 Å². The van der Waals surface area contributed by atoms with Gasteiger partial charge in [-0.25, -0.2) is 0 Å². The number of hydrogen-bond donors (Lipinski definition) is 1. The van der Waals surface area contributed by atoms with Gasteiger partial charge in [-0.2, -0.15) is 0 Å². The van der Waals surface area contributed by atoms with E-state index in [0.717, 1.165) is 13.0 Å². The third kappa shape index (κ3) is 8.11. The first-order chi connectivity index (χ1) is 7.43. The van der Waals surface area contributed by atoms with Crippen molar-refractivity contribution in [3.8, 4) is 0 Å². The maximum atomic E-state index is 5.48. The Hall–Kier alpha value is -0.0900. The van der Waals surface area contributed by atoms with Gasteiger partial charge in [-0.05, 0) is 25.8 Å². The minimum absolute atomic E-state index is 0. The van der Waals surface area contributed by atoms with E-state index in [2.05, 4.69) is 11.9 Å². The van der Waals surface area contributed by atoms with Crippen LogP contribution in [-0.2, 0) is 9.47 Å². The molecule has 1 fully saturated rings. The van der Waals surface area contributed by atoms with Gasteiger partial charge in [0, 0.05) is 12.6 Å². The summed E-state index contributed by atoms with van der Waals surface area (Å²) >= 11 is 0. The summed E-state index contributed by atoms with van der Waals surface area (Å²) < 4.78 is 10.7. The smallest absolute Gasteiger partial charge is 0.0704 e. The molecule has 0 aromatic rings. The van der Waals surface area contributed by atoms with E-state index in [0.29, 0.717) is 25.9 Å². The van der Waals surface area contributed by atoms with Crippen LogP contribution in [0.1, 0.15) is 25.7 Å². The molecule has 96 valence electrons. The van der Waals surface area contributed by atoms with E-state index in [4.69, 9.17) is 9.47 Å². The molecule has 3 nitrogen and oxygen atoms in total. The molecule has 0 radical (unpaired) electrons. The van der Waals surface area contributed by atoms with Crippen LogP contribution in [0.25, 0.3) is 0 Å². The minimum Gasteiger partial charge on any atom is -0.379 e. The molecular formula is C12H24ClNO2. The van der Waals surface area contributed by atoms with Gasteiger partial charge in [-0.15, -0.1) is 19.0 Å². The second-order valence-corrected chi connectivity index (χ2v) is 3.91. The number of hydrogen-bond acceptors (Lipinski definition) is 3. The maximum absolute atomic E-state index is 5.48. The van der Waals surface area contributed by atoms with Crippen LogP contribution in [0.2, 0.25) is 0 Å². The average Bonchev–Trinajstić information content (AvgIpc) is 2.29. The van der Waals surface area contributed by atoms with Crippen LogP contribution in [0.15, 0.2) is 12.7 Å². The van der Waals surface area contributed by atoms with Gasteiger partial charge in [0.05, 0.1) is 19.8 Å². The zero-order valence-electron chi connectivity index (χ0n) is 9.95. The Morgan fingerprint density at radius 3 is 2.69 bits per heavy atom. The second kappa shape index (κ2) is 11.4. The van der Waals surface area contributed by atoms with E-state index in [1.54, 1.807) is 6.08 Å². The molecule has 0 saturated carbocycles. The molecule has 1 aliphatic rings. The standard InChI is InChI=1S/C12H23NO2.ClH/c1-2-8-14-10-11-15-9-6-12-5-3-4-7-13-12;/h2,12-13H,1,3-11H2;1H. The highest BCUT2D eigenvalue weighted by atomic mass is 35.5. The van der Waals surface area contributed by atoms with E-state index >= 15 is 0 Å². The van der Waals surface area contributed by atoms with Gasteiger partial charge in [0.1, 0.15) is 0 Å². The number of halogens is 1. The first-order valence-corrected chi connectivity index (χ1v) is 5.93. The van der Waals surface area contributed by atoms with Crippen LogP contribution in [-0.4, -0.2) is 39.0 Å². The van der Waals surface area contributed by atoms with Gasteiger partial charge >= 0.3 is 0 Å². The molecule has 1 N–H and O–H groups in total. The normalized spacial score (nSPS) is 20.1. The van der Waals surface area contributed by atoms with E-state index in [1.807, 2.05) is 0 Å². The Bertz CT molecular complexity index is 161. The monoisotopic (exact) mass is 249 g/mol. The lowest BCUT2D eigenvalue weighted by molar-refractivity contribution is 0.0535. The highest BCUT2D eigenvalue weighted by Gasteiger charge is 2.11. The largest absolute Gasteiger partial charge is 0.379 e. The average molecular weight is 250 g/mol. The molecule has 1 aliphatic heterocycles. The molecule has 1 atom stereocenters. The molecule has 0 spiro atoms. The Labute approximate surface area is 105 Å². The highest BCUT2D eigenvalue weighted by Crippen LogP contribution is 2.09. The summed E-state index contributed by atoms with van der Waals surface area (Å²) in [4.78, 5) is 0. The number of piperidine rings is 1. The van der Waals surface area contributed by atoms with Crippen molar-refractivity contribution in [2.45, 2.75) is 31.7 Å². The number of ether oxygens (including phenoxy) is 2. The molecule has 0 aliphatic carbocycles. The van der Waals surface area contributed by atoms with E-state index in [-0.39, 0.29) is 12.4 Å². The number of rotatable bonds is 8.